The number of aliphatic hydroxyl groups is 3. The van der Waals surface area contributed by atoms with E-state index in [1.54, 1.807) is 19.1 Å². The van der Waals surface area contributed by atoms with Crippen molar-refractivity contribution in [2.75, 3.05) is 0 Å². The molecule has 0 saturated carbocycles. The van der Waals surface area contributed by atoms with Crippen LogP contribution < -0.4 is 5.73 Å². The first kappa shape index (κ1) is 36.6. The number of ether oxygens (including phenoxy) is 2. The van der Waals surface area contributed by atoms with Crippen molar-refractivity contribution in [1.29, 1.82) is 0 Å². The molecule has 12 atom stereocenters. The number of rotatable bonds is 16. The van der Waals surface area contributed by atoms with Gasteiger partial charge in [0.25, 0.3) is 0 Å². The maximum Gasteiger partial charge on any atom is 0.404 e. The molecule has 41 heavy (non-hydrogen) atoms. The molecule has 1 aliphatic heterocycles. The Kier molecular flexibility index (Phi) is 15.6. The first-order chi connectivity index (χ1) is 19.1. The monoisotopic (exact) mass is 577 g/mol. The van der Waals surface area contributed by atoms with Crippen molar-refractivity contribution >= 4 is 12.1 Å². The molecule has 0 aromatic rings. The molecule has 0 bridgehead atoms. The average Bonchev–Trinajstić information content (AvgIpc) is 2.92. The molecule has 1 fully saturated rings. The number of aliphatic hydroxyl groups excluding tert-OH is 3. The average molecular weight is 578 g/mol. The molecule has 234 valence electrons. The molecule has 8 nitrogen and oxygen atoms in total. The number of primary amides is 1. The fourth-order valence-electron chi connectivity index (χ4n) is 5.81. The maximum atomic E-state index is 11.9. The molecule has 8 heteroatoms. The van der Waals surface area contributed by atoms with Gasteiger partial charge in [0.15, 0.2) is 0 Å². The van der Waals surface area contributed by atoms with E-state index < -0.39 is 36.4 Å². The molecule has 0 spiro atoms. The summed E-state index contributed by atoms with van der Waals surface area (Å²) in [4.78, 5) is 23.5. The van der Waals surface area contributed by atoms with Crippen LogP contribution in [0.4, 0.5) is 4.79 Å². The molecule has 0 aliphatic carbocycles. The third-order valence-electron chi connectivity index (χ3n) is 8.56. The van der Waals surface area contributed by atoms with E-state index in [1.807, 2.05) is 72.8 Å². The zero-order valence-corrected chi connectivity index (χ0v) is 26.3. The number of esters is 1. The fourth-order valence-corrected chi connectivity index (χ4v) is 5.81. The highest BCUT2D eigenvalue weighted by Crippen LogP contribution is 2.30. The summed E-state index contributed by atoms with van der Waals surface area (Å²) in [6.45, 7) is 18.9. The van der Waals surface area contributed by atoms with Crippen molar-refractivity contribution in [1.82, 2.24) is 0 Å². The lowest BCUT2D eigenvalue weighted by Gasteiger charge is -2.36. The lowest BCUT2D eigenvalue weighted by Crippen LogP contribution is -2.46. The third-order valence-corrected chi connectivity index (χ3v) is 8.56. The Morgan fingerprint density at radius 1 is 1.07 bits per heavy atom. The predicted molar refractivity (Wildman–Crippen MR) is 163 cm³/mol. The van der Waals surface area contributed by atoms with Crippen LogP contribution in [0.5, 0.6) is 0 Å². The summed E-state index contributed by atoms with van der Waals surface area (Å²) in [5.41, 5.74) is 6.36. The van der Waals surface area contributed by atoms with Gasteiger partial charge in [0.05, 0.1) is 24.2 Å². The van der Waals surface area contributed by atoms with Crippen molar-refractivity contribution in [2.45, 2.75) is 105 Å². The largest absolute Gasteiger partial charge is 0.462 e. The molecule has 0 unspecified atom stereocenters. The van der Waals surface area contributed by atoms with Crippen molar-refractivity contribution in [3.63, 3.8) is 0 Å². The molecule has 0 aromatic heterocycles. The minimum atomic E-state index is -0.872. The quantitative estimate of drug-likeness (QED) is 0.110. The highest BCUT2D eigenvalue weighted by molar-refractivity contribution is 5.73. The lowest BCUT2D eigenvalue weighted by atomic mass is 9.81. The van der Waals surface area contributed by atoms with Gasteiger partial charge in [-0.3, -0.25) is 4.79 Å². The molecule has 1 amide bonds. The van der Waals surface area contributed by atoms with Crippen molar-refractivity contribution in [3.05, 3.63) is 48.6 Å². The van der Waals surface area contributed by atoms with Crippen LogP contribution in [0.25, 0.3) is 0 Å². The summed E-state index contributed by atoms with van der Waals surface area (Å²) < 4.78 is 10.9. The van der Waals surface area contributed by atoms with Crippen LogP contribution >= 0.6 is 0 Å². The van der Waals surface area contributed by atoms with E-state index in [0.29, 0.717) is 19.3 Å². The minimum absolute atomic E-state index is 0.0918. The Labute approximate surface area is 247 Å². The molecule has 1 rings (SSSR count). The lowest BCUT2D eigenvalue weighted by molar-refractivity contribution is -0.177. The van der Waals surface area contributed by atoms with Gasteiger partial charge in [-0.2, -0.15) is 0 Å². The molecular formula is C33H55NO7. The van der Waals surface area contributed by atoms with E-state index in [1.165, 1.54) is 0 Å². The summed E-state index contributed by atoms with van der Waals surface area (Å²) in [5.74, 6) is -1.79. The van der Waals surface area contributed by atoms with Gasteiger partial charge in [-0.15, -0.1) is 0 Å². The predicted octanol–water partition coefficient (Wildman–Crippen LogP) is 5.33. The second kappa shape index (κ2) is 17.5. The smallest absolute Gasteiger partial charge is 0.404 e. The molecule has 1 heterocycles. The SMILES string of the molecule is C=C/C=C\[C@H](C)[C@H](OC(N)=O)[C@@H](C)[C@H](O)[C@@H](C)C/C(C)=C\[C@H](C)[C@@H](O)[C@@H](C)/C=C\CC[C@@H]1OC(=O)[C@H](C)[C@@H](O)[C@H]1C. The highest BCUT2D eigenvalue weighted by atomic mass is 16.6. The van der Waals surface area contributed by atoms with Gasteiger partial charge in [0.1, 0.15) is 12.2 Å². The number of carbonyl (C=O) groups excluding carboxylic acids is 2. The van der Waals surface area contributed by atoms with Gasteiger partial charge in [-0.1, -0.05) is 90.2 Å². The number of carbonyl (C=O) groups is 2. The molecule has 1 aliphatic rings. The molecule has 5 N–H and O–H groups in total. The summed E-state index contributed by atoms with van der Waals surface area (Å²) in [6, 6.07) is 0. The Morgan fingerprint density at radius 3 is 2.29 bits per heavy atom. The zero-order valence-electron chi connectivity index (χ0n) is 26.3. The topological polar surface area (TPSA) is 139 Å². The molecule has 1 saturated heterocycles. The van der Waals surface area contributed by atoms with Gasteiger partial charge in [0.2, 0.25) is 0 Å². The van der Waals surface area contributed by atoms with Crippen molar-refractivity contribution in [3.8, 4) is 0 Å². The molecule has 0 aromatic carbocycles. The summed E-state index contributed by atoms with van der Waals surface area (Å²) in [7, 11) is 0. The Morgan fingerprint density at radius 2 is 1.71 bits per heavy atom. The van der Waals surface area contributed by atoms with Crippen LogP contribution in [-0.2, 0) is 14.3 Å². The van der Waals surface area contributed by atoms with Crippen molar-refractivity contribution < 1.29 is 34.4 Å². The second-order valence-corrected chi connectivity index (χ2v) is 12.3. The van der Waals surface area contributed by atoms with E-state index >= 15 is 0 Å². The van der Waals surface area contributed by atoms with Gasteiger partial charge < -0.3 is 30.5 Å². The Balaban J connectivity index is 2.69. The van der Waals surface area contributed by atoms with Crippen LogP contribution in [0, 0.1) is 41.4 Å². The summed E-state index contributed by atoms with van der Waals surface area (Å²) in [5, 5.41) is 32.3. The number of allylic oxidation sites excluding steroid dienone is 4. The summed E-state index contributed by atoms with van der Waals surface area (Å²) >= 11 is 0. The second-order valence-electron chi connectivity index (χ2n) is 12.3. The summed E-state index contributed by atoms with van der Waals surface area (Å²) in [6.07, 6.45) is 9.44. The number of amides is 1. The first-order valence-corrected chi connectivity index (χ1v) is 15.0. The third kappa shape index (κ3) is 11.4. The fraction of sp³-hybridized carbons (Fsp3) is 0.697. The van der Waals surface area contributed by atoms with Crippen LogP contribution in [0.1, 0.15) is 74.7 Å². The maximum absolute atomic E-state index is 11.9. The number of cyclic esters (lactones) is 1. The number of hydrogen-bond acceptors (Lipinski definition) is 7. The van der Waals surface area contributed by atoms with Gasteiger partial charge in [-0.05, 0) is 39.0 Å². The standard InChI is InChI=1S/C33H55NO7/c1-10-11-14-21(4)31(41-33(34)39)25(8)29(36)23(6)18-19(2)17-22(5)28(35)20(3)15-12-13-16-27-24(7)30(37)26(9)32(38)40-27/h10-12,14-15,17,20-31,35-37H,1,13,16,18H2,2-9H3,(H2,34,39)/b14-11-,15-12-,19-17-/t20-,21-,22-,23-,24-,25-,26+,27-,28-,29+,30-,31-/m0/s1. The Bertz CT molecular complexity index is 929. The molecular weight excluding hydrogens is 522 g/mol. The van der Waals surface area contributed by atoms with Gasteiger partial charge in [-0.25, -0.2) is 4.79 Å². The van der Waals surface area contributed by atoms with E-state index in [4.69, 9.17) is 15.2 Å². The van der Waals surface area contributed by atoms with E-state index in [0.717, 1.165) is 5.57 Å². The van der Waals surface area contributed by atoms with Crippen LogP contribution in [-0.4, -0.2) is 57.9 Å². The van der Waals surface area contributed by atoms with Crippen LogP contribution in [0.3, 0.4) is 0 Å². The highest BCUT2D eigenvalue weighted by Gasteiger charge is 2.40. The normalized spacial score (nSPS) is 27.9. The number of nitrogens with two attached hydrogens (primary N) is 1. The van der Waals surface area contributed by atoms with E-state index in [-0.39, 0.29) is 47.6 Å². The Hall–Kier alpha value is -2.42. The zero-order chi connectivity index (χ0) is 31.4. The minimum Gasteiger partial charge on any atom is -0.462 e. The van der Waals surface area contributed by atoms with Crippen LogP contribution in [0.2, 0.25) is 0 Å². The van der Waals surface area contributed by atoms with Crippen molar-refractivity contribution in [2.24, 2.45) is 47.2 Å². The van der Waals surface area contributed by atoms with Gasteiger partial charge in [0, 0.05) is 29.6 Å². The van der Waals surface area contributed by atoms with E-state index in [9.17, 15) is 24.9 Å². The van der Waals surface area contributed by atoms with E-state index in [2.05, 4.69) is 6.58 Å². The number of hydrogen-bond donors (Lipinski definition) is 4. The van der Waals surface area contributed by atoms with Gasteiger partial charge >= 0.3 is 12.1 Å². The molecule has 0 radical (unpaired) electrons. The van der Waals surface area contributed by atoms with Crippen LogP contribution in [0.15, 0.2) is 48.6 Å². The first-order valence-electron chi connectivity index (χ1n) is 15.0.